The standard InChI is InChI=1S/C9H17N3O5S/c1-18(17)4-2-3-11-9(16)12-6(8(14)15)5-7(10)13/h6H,2-5H2,1H3,(H2,10,13)(H,14,15)(H2,11,12,16)/t6-,18?/m0/s1. The Morgan fingerprint density at radius 1 is 1.39 bits per heavy atom. The number of carboxylic acids is 1. The lowest BCUT2D eigenvalue weighted by Crippen LogP contribution is -2.47. The Balaban J connectivity index is 3.99. The van der Waals surface area contributed by atoms with Gasteiger partial charge in [-0.25, -0.2) is 9.59 Å². The predicted octanol–water partition coefficient (Wildman–Crippen LogP) is -1.62. The molecule has 0 aliphatic heterocycles. The highest BCUT2D eigenvalue weighted by Gasteiger charge is 2.21. The fourth-order valence-corrected chi connectivity index (χ4v) is 1.64. The summed E-state index contributed by atoms with van der Waals surface area (Å²) in [6, 6.07) is -2.05. The van der Waals surface area contributed by atoms with Gasteiger partial charge in [0.25, 0.3) is 0 Å². The number of hydrogen-bond donors (Lipinski definition) is 4. The summed E-state index contributed by atoms with van der Waals surface area (Å²) in [4.78, 5) is 32.6. The van der Waals surface area contributed by atoms with Crippen LogP contribution in [0.25, 0.3) is 0 Å². The number of rotatable bonds is 8. The Hall–Kier alpha value is -1.64. The topological polar surface area (TPSA) is 139 Å². The lowest BCUT2D eigenvalue weighted by Gasteiger charge is -2.13. The van der Waals surface area contributed by atoms with E-state index in [1.807, 2.05) is 0 Å². The molecule has 0 aromatic carbocycles. The second kappa shape index (κ2) is 8.45. The quantitative estimate of drug-likeness (QED) is 0.396. The number of nitrogens with one attached hydrogen (secondary N) is 2. The third kappa shape index (κ3) is 8.50. The van der Waals surface area contributed by atoms with Crippen molar-refractivity contribution in [3.05, 3.63) is 0 Å². The lowest BCUT2D eigenvalue weighted by atomic mass is 10.2. The zero-order valence-corrected chi connectivity index (χ0v) is 10.8. The maximum Gasteiger partial charge on any atom is 0.326 e. The van der Waals surface area contributed by atoms with Crippen LogP contribution in [0.5, 0.6) is 0 Å². The molecule has 18 heavy (non-hydrogen) atoms. The lowest BCUT2D eigenvalue weighted by molar-refractivity contribution is -0.140. The molecule has 0 aliphatic carbocycles. The number of primary amides is 1. The number of carboxylic acid groups (broad SMARTS) is 1. The first-order chi connectivity index (χ1) is 8.32. The van der Waals surface area contributed by atoms with E-state index in [2.05, 4.69) is 10.6 Å². The highest BCUT2D eigenvalue weighted by atomic mass is 32.2. The van der Waals surface area contributed by atoms with Crippen LogP contribution in [-0.4, -0.2) is 51.8 Å². The van der Waals surface area contributed by atoms with Crippen molar-refractivity contribution in [1.29, 1.82) is 0 Å². The average Bonchev–Trinajstić information content (AvgIpc) is 2.22. The van der Waals surface area contributed by atoms with Gasteiger partial charge in [0, 0.05) is 29.4 Å². The molecule has 0 aliphatic rings. The van der Waals surface area contributed by atoms with Crippen molar-refractivity contribution in [2.45, 2.75) is 18.9 Å². The van der Waals surface area contributed by atoms with Gasteiger partial charge >= 0.3 is 12.0 Å². The Morgan fingerprint density at radius 3 is 2.44 bits per heavy atom. The van der Waals surface area contributed by atoms with Crippen molar-refractivity contribution in [1.82, 2.24) is 10.6 Å². The molecular formula is C9H17N3O5S. The summed E-state index contributed by atoms with van der Waals surface area (Å²) in [5.41, 5.74) is 4.85. The van der Waals surface area contributed by atoms with Crippen LogP contribution < -0.4 is 16.4 Å². The Labute approximate surface area is 107 Å². The molecule has 0 rings (SSSR count). The molecule has 0 aromatic heterocycles. The van der Waals surface area contributed by atoms with Gasteiger partial charge < -0.3 is 21.5 Å². The maximum atomic E-state index is 11.3. The van der Waals surface area contributed by atoms with Gasteiger partial charge in [0.1, 0.15) is 6.04 Å². The first-order valence-corrected chi connectivity index (χ1v) is 6.91. The van der Waals surface area contributed by atoms with Gasteiger partial charge in [-0.05, 0) is 6.42 Å². The molecule has 9 heteroatoms. The number of carbonyl (C=O) groups excluding carboxylic acids is 2. The normalized spacial score (nSPS) is 13.4. The van der Waals surface area contributed by atoms with Gasteiger partial charge in [-0.1, -0.05) is 0 Å². The summed E-state index contributed by atoms with van der Waals surface area (Å²) in [7, 11) is -0.933. The minimum Gasteiger partial charge on any atom is -0.480 e. The maximum absolute atomic E-state index is 11.3. The summed E-state index contributed by atoms with van der Waals surface area (Å²) < 4.78 is 10.7. The van der Waals surface area contributed by atoms with Crippen molar-refractivity contribution in [3.63, 3.8) is 0 Å². The van der Waals surface area contributed by atoms with Crippen molar-refractivity contribution >= 4 is 28.7 Å². The Morgan fingerprint density at radius 2 is 2.00 bits per heavy atom. The molecule has 2 atom stereocenters. The first kappa shape index (κ1) is 16.4. The van der Waals surface area contributed by atoms with Gasteiger partial charge in [0.2, 0.25) is 5.91 Å². The van der Waals surface area contributed by atoms with Gasteiger partial charge in [-0.2, -0.15) is 0 Å². The fourth-order valence-electron chi connectivity index (χ4n) is 1.09. The zero-order valence-electron chi connectivity index (χ0n) is 9.97. The third-order valence-corrected chi connectivity index (χ3v) is 2.77. The van der Waals surface area contributed by atoms with Crippen molar-refractivity contribution in [2.75, 3.05) is 18.6 Å². The summed E-state index contributed by atoms with van der Waals surface area (Å²) in [5, 5.41) is 13.2. The zero-order chi connectivity index (χ0) is 14.1. The van der Waals surface area contributed by atoms with E-state index in [1.54, 1.807) is 6.26 Å². The van der Waals surface area contributed by atoms with Crippen LogP contribution in [0.2, 0.25) is 0 Å². The molecule has 0 radical (unpaired) electrons. The van der Waals surface area contributed by atoms with E-state index in [1.165, 1.54) is 0 Å². The van der Waals surface area contributed by atoms with E-state index in [0.29, 0.717) is 12.2 Å². The number of amides is 3. The van der Waals surface area contributed by atoms with E-state index in [9.17, 15) is 18.6 Å². The second-order valence-corrected chi connectivity index (χ2v) is 5.15. The number of aliphatic carboxylic acids is 1. The van der Waals surface area contributed by atoms with Gasteiger partial charge in [0.15, 0.2) is 0 Å². The monoisotopic (exact) mass is 279 g/mol. The number of urea groups is 1. The van der Waals surface area contributed by atoms with Crippen molar-refractivity contribution < 1.29 is 23.7 Å². The van der Waals surface area contributed by atoms with Crippen molar-refractivity contribution in [3.8, 4) is 0 Å². The molecule has 0 saturated heterocycles. The molecule has 0 bridgehead atoms. The molecule has 0 saturated carbocycles. The van der Waals surface area contributed by atoms with Gasteiger partial charge in [-0.15, -0.1) is 0 Å². The average molecular weight is 279 g/mol. The summed E-state index contributed by atoms with van der Waals surface area (Å²) in [6.07, 6.45) is 1.60. The molecule has 0 spiro atoms. The van der Waals surface area contributed by atoms with Gasteiger partial charge in [0.05, 0.1) is 6.42 Å². The van der Waals surface area contributed by atoms with E-state index in [4.69, 9.17) is 10.8 Å². The first-order valence-electron chi connectivity index (χ1n) is 5.18. The van der Waals surface area contributed by atoms with Crippen LogP contribution in [-0.2, 0) is 20.4 Å². The Kier molecular flexibility index (Phi) is 7.68. The van der Waals surface area contributed by atoms with Crippen LogP contribution in [0.1, 0.15) is 12.8 Å². The molecule has 1 unspecified atom stereocenters. The molecule has 3 amide bonds. The molecule has 8 nitrogen and oxygen atoms in total. The van der Waals surface area contributed by atoms with E-state index in [0.717, 1.165) is 0 Å². The minimum atomic E-state index is -1.34. The van der Waals surface area contributed by atoms with Crippen LogP contribution in [0.4, 0.5) is 4.79 Å². The summed E-state index contributed by atoms with van der Waals surface area (Å²) in [6.45, 7) is 0.272. The molecule has 0 aromatic rings. The van der Waals surface area contributed by atoms with Crippen LogP contribution in [0, 0.1) is 0 Å². The molecule has 0 heterocycles. The number of carbonyl (C=O) groups is 3. The van der Waals surface area contributed by atoms with Crippen LogP contribution >= 0.6 is 0 Å². The van der Waals surface area contributed by atoms with Crippen LogP contribution in [0.15, 0.2) is 0 Å². The summed E-state index contributed by atoms with van der Waals surface area (Å²) in [5.74, 6) is -1.70. The molecule has 0 fully saturated rings. The minimum absolute atomic E-state index is 0.272. The van der Waals surface area contributed by atoms with Crippen molar-refractivity contribution in [2.24, 2.45) is 5.73 Å². The molecular weight excluding hydrogens is 262 g/mol. The highest BCUT2D eigenvalue weighted by molar-refractivity contribution is 7.84. The largest absolute Gasteiger partial charge is 0.480 e. The predicted molar refractivity (Wildman–Crippen MR) is 65.3 cm³/mol. The van der Waals surface area contributed by atoms with E-state index < -0.39 is 41.2 Å². The number of nitrogens with two attached hydrogens (primary N) is 1. The molecule has 5 N–H and O–H groups in total. The van der Waals surface area contributed by atoms with E-state index >= 15 is 0 Å². The van der Waals surface area contributed by atoms with Gasteiger partial charge in [-0.3, -0.25) is 9.00 Å². The number of hydrogen-bond acceptors (Lipinski definition) is 4. The Bertz CT molecular complexity index is 347. The third-order valence-electron chi connectivity index (χ3n) is 1.90. The molecule has 104 valence electrons. The summed E-state index contributed by atoms with van der Waals surface area (Å²) >= 11 is 0. The smallest absolute Gasteiger partial charge is 0.326 e. The highest BCUT2D eigenvalue weighted by Crippen LogP contribution is 1.91. The van der Waals surface area contributed by atoms with Crippen LogP contribution in [0.3, 0.4) is 0 Å². The second-order valence-electron chi connectivity index (χ2n) is 3.59. The van der Waals surface area contributed by atoms with E-state index in [-0.39, 0.29) is 6.54 Å². The fraction of sp³-hybridized carbons (Fsp3) is 0.667. The SMILES string of the molecule is CS(=O)CCCNC(=O)N[C@@H](CC(N)=O)C(=O)O.